The lowest BCUT2D eigenvalue weighted by Gasteiger charge is -2.35. The van der Waals surface area contributed by atoms with Crippen molar-refractivity contribution in [3.8, 4) is 5.82 Å². The van der Waals surface area contributed by atoms with Gasteiger partial charge in [-0.1, -0.05) is 24.3 Å². The number of piperazine rings is 1. The molecule has 3 aromatic heterocycles. The van der Waals surface area contributed by atoms with Gasteiger partial charge >= 0.3 is 0 Å². The molecule has 4 heterocycles. The lowest BCUT2D eigenvalue weighted by Crippen LogP contribution is -2.49. The Hall–Kier alpha value is -3.81. The minimum Gasteiger partial charge on any atom is -0.352 e. The molecule has 0 N–H and O–H groups in total. The van der Waals surface area contributed by atoms with E-state index in [4.69, 9.17) is 0 Å². The van der Waals surface area contributed by atoms with E-state index in [1.54, 1.807) is 17.1 Å². The van der Waals surface area contributed by atoms with Crippen LogP contribution in [0.5, 0.6) is 0 Å². The number of amides is 1. The van der Waals surface area contributed by atoms with Crippen molar-refractivity contribution in [2.24, 2.45) is 0 Å². The van der Waals surface area contributed by atoms with E-state index < -0.39 is 0 Å². The van der Waals surface area contributed by atoms with Gasteiger partial charge in [-0.25, -0.2) is 4.68 Å². The average Bonchev–Trinajstić information content (AvgIpc) is 3.33. The summed E-state index contributed by atoms with van der Waals surface area (Å²) >= 11 is 0. The van der Waals surface area contributed by atoms with Crippen LogP contribution >= 0.6 is 0 Å². The molecule has 0 atom stereocenters. The number of rotatable bonds is 3. The Labute approximate surface area is 167 Å². The summed E-state index contributed by atoms with van der Waals surface area (Å²) in [4.78, 5) is 21.4. The largest absolute Gasteiger partial charge is 0.352 e. The molecule has 8 nitrogen and oxygen atoms in total. The van der Waals surface area contributed by atoms with Gasteiger partial charge in [-0.15, -0.1) is 10.2 Å². The second kappa shape index (κ2) is 7.31. The molecule has 4 aromatic rings. The van der Waals surface area contributed by atoms with Gasteiger partial charge in [0.2, 0.25) is 0 Å². The molecular weight excluding hydrogens is 366 g/mol. The van der Waals surface area contributed by atoms with E-state index in [1.165, 1.54) is 0 Å². The zero-order valence-electron chi connectivity index (χ0n) is 15.7. The maximum absolute atomic E-state index is 13.0. The minimum atomic E-state index is -0.0263. The number of nitrogens with zero attached hydrogens (tertiary/aromatic N) is 7. The molecule has 0 unspecified atom stereocenters. The fourth-order valence-corrected chi connectivity index (χ4v) is 3.59. The standard InChI is InChI=1S/C21H19N7O/c29-21(20-17-5-2-1-4-16(17)8-10-22-20)27-14-12-26(13-15-27)18-6-7-19(25-24-18)28-11-3-9-23-28/h1-11H,12-15H2. The van der Waals surface area contributed by atoms with Gasteiger partial charge in [-0.3, -0.25) is 9.78 Å². The molecule has 1 fully saturated rings. The van der Waals surface area contributed by atoms with Crippen LogP contribution in [0.1, 0.15) is 10.5 Å². The van der Waals surface area contributed by atoms with Gasteiger partial charge in [-0.2, -0.15) is 5.10 Å². The normalized spacial score (nSPS) is 14.3. The van der Waals surface area contributed by atoms with Crippen molar-refractivity contribution in [3.63, 3.8) is 0 Å². The first-order valence-corrected chi connectivity index (χ1v) is 9.51. The third kappa shape index (κ3) is 3.29. The predicted molar refractivity (Wildman–Crippen MR) is 109 cm³/mol. The Morgan fingerprint density at radius 1 is 0.828 bits per heavy atom. The summed E-state index contributed by atoms with van der Waals surface area (Å²) in [5.41, 5.74) is 0.514. The van der Waals surface area contributed by atoms with Crippen molar-refractivity contribution >= 4 is 22.5 Å². The Bertz CT molecular complexity index is 1130. The van der Waals surface area contributed by atoms with Gasteiger partial charge in [0.15, 0.2) is 11.6 Å². The molecule has 29 heavy (non-hydrogen) atoms. The number of benzene rings is 1. The predicted octanol–water partition coefficient (Wildman–Crippen LogP) is 2.17. The first-order valence-electron chi connectivity index (χ1n) is 9.51. The molecule has 5 rings (SSSR count). The summed E-state index contributed by atoms with van der Waals surface area (Å²) in [5.74, 6) is 1.45. The second-order valence-electron chi connectivity index (χ2n) is 6.86. The minimum absolute atomic E-state index is 0.0263. The van der Waals surface area contributed by atoms with Gasteiger partial charge in [0.25, 0.3) is 5.91 Å². The number of pyridine rings is 1. The molecule has 1 amide bonds. The van der Waals surface area contributed by atoms with Crippen LogP contribution < -0.4 is 4.90 Å². The average molecular weight is 385 g/mol. The van der Waals surface area contributed by atoms with Crippen LogP contribution in [0.2, 0.25) is 0 Å². The number of hydrogen-bond acceptors (Lipinski definition) is 6. The quantitative estimate of drug-likeness (QED) is 0.538. The van der Waals surface area contributed by atoms with Gasteiger partial charge in [-0.05, 0) is 29.7 Å². The van der Waals surface area contributed by atoms with Crippen LogP contribution in [0.15, 0.2) is 67.1 Å². The topological polar surface area (TPSA) is 80.0 Å². The molecule has 1 aromatic carbocycles. The van der Waals surface area contributed by atoms with E-state index in [1.807, 2.05) is 59.6 Å². The SMILES string of the molecule is O=C(c1nccc2ccccc12)N1CCN(c2ccc(-n3cccn3)nn2)CC1. The Balaban J connectivity index is 1.28. The number of hydrogen-bond donors (Lipinski definition) is 0. The van der Waals surface area contributed by atoms with E-state index in [0.717, 1.165) is 16.6 Å². The third-order valence-electron chi connectivity index (χ3n) is 5.14. The van der Waals surface area contributed by atoms with Crippen LogP contribution in [-0.4, -0.2) is 61.9 Å². The van der Waals surface area contributed by atoms with Crippen molar-refractivity contribution < 1.29 is 4.79 Å². The highest BCUT2D eigenvalue weighted by Gasteiger charge is 2.25. The van der Waals surface area contributed by atoms with Crippen LogP contribution in [-0.2, 0) is 0 Å². The monoisotopic (exact) mass is 385 g/mol. The Morgan fingerprint density at radius 2 is 1.62 bits per heavy atom. The van der Waals surface area contributed by atoms with Gasteiger partial charge in [0.1, 0.15) is 5.69 Å². The van der Waals surface area contributed by atoms with Gasteiger partial charge in [0.05, 0.1) is 0 Å². The lowest BCUT2D eigenvalue weighted by molar-refractivity contribution is 0.0743. The van der Waals surface area contributed by atoms with Crippen molar-refractivity contribution in [2.75, 3.05) is 31.1 Å². The molecular formula is C21H19N7O. The van der Waals surface area contributed by atoms with E-state index >= 15 is 0 Å². The van der Waals surface area contributed by atoms with Crippen molar-refractivity contribution in [3.05, 3.63) is 72.8 Å². The van der Waals surface area contributed by atoms with Crippen LogP contribution in [0.3, 0.4) is 0 Å². The molecule has 0 saturated carbocycles. The Morgan fingerprint density at radius 3 is 2.38 bits per heavy atom. The van der Waals surface area contributed by atoms with Crippen molar-refractivity contribution in [1.29, 1.82) is 0 Å². The van der Waals surface area contributed by atoms with Crippen LogP contribution in [0.25, 0.3) is 16.6 Å². The Kier molecular flexibility index (Phi) is 4.36. The fourth-order valence-electron chi connectivity index (χ4n) is 3.59. The van der Waals surface area contributed by atoms with E-state index in [2.05, 4.69) is 25.2 Å². The smallest absolute Gasteiger partial charge is 0.273 e. The van der Waals surface area contributed by atoms with Crippen molar-refractivity contribution in [1.82, 2.24) is 29.9 Å². The molecule has 0 spiro atoms. The molecule has 0 radical (unpaired) electrons. The maximum atomic E-state index is 13.0. The molecule has 1 aliphatic heterocycles. The fraction of sp³-hybridized carbons (Fsp3) is 0.190. The van der Waals surface area contributed by atoms with Crippen molar-refractivity contribution in [2.45, 2.75) is 0 Å². The summed E-state index contributed by atoms with van der Waals surface area (Å²) in [6.07, 6.45) is 5.23. The number of carbonyl (C=O) groups excluding carboxylic acids is 1. The zero-order valence-corrected chi connectivity index (χ0v) is 15.7. The molecule has 1 aliphatic rings. The number of aromatic nitrogens is 5. The first kappa shape index (κ1) is 17.3. The first-order chi connectivity index (χ1) is 14.3. The van der Waals surface area contributed by atoms with E-state index in [-0.39, 0.29) is 5.91 Å². The molecule has 8 heteroatoms. The number of fused-ring (bicyclic) bond motifs is 1. The molecule has 0 bridgehead atoms. The molecule has 0 aliphatic carbocycles. The lowest BCUT2D eigenvalue weighted by atomic mass is 10.1. The number of carbonyl (C=O) groups is 1. The van der Waals surface area contributed by atoms with Crippen LogP contribution in [0.4, 0.5) is 5.82 Å². The number of anilines is 1. The van der Waals surface area contributed by atoms with Crippen LogP contribution in [0, 0.1) is 0 Å². The zero-order chi connectivity index (χ0) is 19.6. The van der Waals surface area contributed by atoms with Gasteiger partial charge < -0.3 is 9.80 Å². The highest BCUT2D eigenvalue weighted by atomic mass is 16.2. The summed E-state index contributed by atoms with van der Waals surface area (Å²) in [6, 6.07) is 15.4. The van der Waals surface area contributed by atoms with Gasteiger partial charge in [0, 0.05) is 50.2 Å². The highest BCUT2D eigenvalue weighted by molar-refractivity contribution is 6.05. The highest BCUT2D eigenvalue weighted by Crippen LogP contribution is 2.20. The van der Waals surface area contributed by atoms with E-state index in [0.29, 0.717) is 37.7 Å². The summed E-state index contributed by atoms with van der Waals surface area (Å²) in [7, 11) is 0. The molecule has 1 saturated heterocycles. The summed E-state index contributed by atoms with van der Waals surface area (Å²) in [5, 5.41) is 14.7. The van der Waals surface area contributed by atoms with E-state index in [9.17, 15) is 4.79 Å². The summed E-state index contributed by atoms with van der Waals surface area (Å²) < 4.78 is 1.67. The molecule has 144 valence electrons. The maximum Gasteiger partial charge on any atom is 0.273 e. The third-order valence-corrected chi connectivity index (χ3v) is 5.14. The summed E-state index contributed by atoms with van der Waals surface area (Å²) in [6.45, 7) is 2.64. The second-order valence-corrected chi connectivity index (χ2v) is 6.86.